The maximum atomic E-state index is 6.91. The highest BCUT2D eigenvalue weighted by atomic mass is 32.1. The first-order valence-electron chi connectivity index (χ1n) is 42.0. The van der Waals surface area contributed by atoms with E-state index in [1.54, 1.807) is 0 Å². The third-order valence-electron chi connectivity index (χ3n) is 27.2. The normalized spacial score (nSPS) is 13.3. The van der Waals surface area contributed by atoms with Crippen molar-refractivity contribution in [2.75, 3.05) is 0 Å². The summed E-state index contributed by atoms with van der Waals surface area (Å²) in [5, 5.41) is 22.7. The van der Waals surface area contributed by atoms with E-state index in [4.69, 9.17) is 13.3 Å². The molecule has 0 radical (unpaired) electrons. The van der Waals surface area contributed by atoms with Gasteiger partial charge in [-0.15, -0.1) is 34.0 Å². The van der Waals surface area contributed by atoms with Crippen molar-refractivity contribution in [3.8, 4) is 50.4 Å². The molecule has 6 nitrogen and oxygen atoms in total. The maximum Gasteiger partial charge on any atom is 0.145 e. The van der Waals surface area contributed by atoms with Gasteiger partial charge in [-0.3, -0.25) is 0 Å². The number of hydrogen-bond donors (Lipinski definition) is 0. The smallest absolute Gasteiger partial charge is 0.145 e. The highest BCUT2D eigenvalue weighted by Crippen LogP contribution is 2.57. The summed E-state index contributed by atoms with van der Waals surface area (Å²) in [6.07, 6.45) is 1.98. The van der Waals surface area contributed by atoms with Crippen LogP contribution in [0, 0.1) is 0 Å². The van der Waals surface area contributed by atoms with Crippen LogP contribution < -0.4 is 0 Å². The van der Waals surface area contributed by atoms with Gasteiger partial charge in [0.05, 0.1) is 38.5 Å². The van der Waals surface area contributed by atoms with Crippen LogP contribution in [-0.2, 0) is 18.3 Å². The average molecular weight is 1610 g/mol. The molecule has 0 spiro atoms. The Morgan fingerprint density at radius 3 is 1.25 bits per heavy atom. The summed E-state index contributed by atoms with van der Waals surface area (Å²) < 4.78 is 34.7. The van der Waals surface area contributed by atoms with Gasteiger partial charge in [0, 0.05) is 159 Å². The van der Waals surface area contributed by atoms with Crippen molar-refractivity contribution in [1.29, 1.82) is 0 Å². The van der Waals surface area contributed by atoms with Gasteiger partial charge in [0.1, 0.15) is 33.5 Å². The first-order chi connectivity index (χ1) is 60.3. The number of furan rings is 3. The highest BCUT2D eigenvalue weighted by molar-refractivity contribution is 7.28. The lowest BCUT2D eigenvalue weighted by atomic mass is 9.82. The monoisotopic (exact) mass is 1610 g/mol. The van der Waals surface area contributed by atoms with Crippen molar-refractivity contribution in [3.63, 3.8) is 0 Å². The minimum Gasteiger partial charge on any atom is -0.456 e. The topological polar surface area (TPSA) is 54.2 Å². The van der Waals surface area contributed by atoms with E-state index in [2.05, 4.69) is 349 Å². The van der Waals surface area contributed by atoms with E-state index < -0.39 is 0 Å². The van der Waals surface area contributed by atoms with Crippen LogP contribution in [-0.4, -0.2) is 13.7 Å². The van der Waals surface area contributed by atoms with E-state index in [-0.39, 0.29) is 5.41 Å². The molecule has 0 fully saturated rings. The van der Waals surface area contributed by atoms with E-state index in [0.717, 1.165) is 101 Å². The summed E-state index contributed by atoms with van der Waals surface area (Å²) in [4.78, 5) is 0. The van der Waals surface area contributed by atoms with Gasteiger partial charge in [0.25, 0.3) is 0 Å². The number of fused-ring (bicyclic) bond motifs is 42. The molecule has 9 aromatic heterocycles. The predicted molar refractivity (Wildman–Crippen MR) is 517 cm³/mol. The van der Waals surface area contributed by atoms with Crippen molar-refractivity contribution in [1.82, 2.24) is 13.7 Å². The largest absolute Gasteiger partial charge is 0.456 e. The van der Waals surface area contributed by atoms with E-state index >= 15 is 0 Å². The molecular weight excluding hydrogens is 1540 g/mol. The Morgan fingerprint density at radius 1 is 0.238 bits per heavy atom. The summed E-state index contributed by atoms with van der Waals surface area (Å²) in [7, 11) is 0. The molecule has 30 rings (SSSR count). The van der Waals surface area contributed by atoms with Crippen LogP contribution in [0.5, 0.6) is 0 Å². The number of rotatable bonds is 3. The second-order valence-electron chi connectivity index (χ2n) is 33.9. The average Bonchev–Trinajstić information content (AvgIpc) is 1.55. The first-order valence-corrected chi connectivity index (χ1v) is 44.5. The predicted octanol–water partition coefficient (Wildman–Crippen LogP) is 32.6. The number of thiophene rings is 3. The fraction of sp³-hybridized carbons (Fsp3) is 0.0442. The molecule has 0 saturated heterocycles. The third kappa shape index (κ3) is 9.20. The van der Waals surface area contributed by atoms with Crippen LogP contribution in [0.2, 0.25) is 0 Å². The molecule has 122 heavy (non-hydrogen) atoms. The van der Waals surface area contributed by atoms with E-state index in [0.29, 0.717) is 0 Å². The molecule has 3 aliphatic carbocycles. The van der Waals surface area contributed by atoms with E-state index in [9.17, 15) is 0 Å². The number of hydrogen-bond acceptors (Lipinski definition) is 6. The zero-order chi connectivity index (χ0) is 79.6. The van der Waals surface area contributed by atoms with Gasteiger partial charge in [-0.2, -0.15) is 0 Å². The summed E-state index contributed by atoms with van der Waals surface area (Å²) in [5.74, 6) is 0. The quantitative estimate of drug-likeness (QED) is 0.177. The summed E-state index contributed by atoms with van der Waals surface area (Å²) >= 11 is 5.82. The molecule has 0 saturated carbocycles. The van der Waals surface area contributed by atoms with Crippen LogP contribution >= 0.6 is 34.0 Å². The molecule has 0 unspecified atom stereocenters. The summed E-state index contributed by atoms with van der Waals surface area (Å²) in [5.41, 5.74) is 33.1. The summed E-state index contributed by atoms with van der Waals surface area (Å²) in [6, 6.07) is 126. The summed E-state index contributed by atoms with van der Waals surface area (Å²) in [6.45, 7) is 4.74. The molecule has 0 aliphatic heterocycles. The van der Waals surface area contributed by atoms with Crippen molar-refractivity contribution in [2.45, 2.75) is 32.1 Å². The lowest BCUT2D eigenvalue weighted by Crippen LogP contribution is -2.14. The number of nitrogens with zero attached hydrogens (tertiary/aromatic N) is 3. The number of aromatic nitrogens is 3. The molecule has 570 valence electrons. The molecule has 0 atom stereocenters. The van der Waals surface area contributed by atoms with Crippen molar-refractivity contribution in [2.24, 2.45) is 0 Å². The molecule has 0 amide bonds. The van der Waals surface area contributed by atoms with Crippen LogP contribution in [0.25, 0.3) is 242 Å². The Bertz CT molecular complexity index is 9000. The van der Waals surface area contributed by atoms with Gasteiger partial charge in [-0.05, 0) is 178 Å². The Labute approximate surface area is 709 Å². The number of para-hydroxylation sites is 5. The zero-order valence-corrected chi connectivity index (χ0v) is 68.6. The Balaban J connectivity index is 0.0000000942. The second kappa shape index (κ2) is 24.8. The lowest BCUT2D eigenvalue weighted by molar-refractivity contribution is 0.661. The second-order valence-corrected chi connectivity index (χ2v) is 37.0. The lowest BCUT2D eigenvalue weighted by Gasteiger charge is -2.21. The molecule has 0 bridgehead atoms. The highest BCUT2D eigenvalue weighted by Gasteiger charge is 2.38. The van der Waals surface area contributed by atoms with Crippen molar-refractivity contribution < 1.29 is 13.3 Å². The molecular formula is C113H67N3O3S3. The van der Waals surface area contributed by atoms with E-state index in [1.807, 2.05) is 58.3 Å². The van der Waals surface area contributed by atoms with Crippen molar-refractivity contribution in [3.05, 3.63) is 379 Å². The fourth-order valence-corrected chi connectivity index (χ4v) is 25.8. The van der Waals surface area contributed by atoms with Crippen LogP contribution in [0.1, 0.15) is 47.2 Å². The van der Waals surface area contributed by atoms with E-state index in [1.165, 1.54) is 187 Å². The minimum atomic E-state index is 0.00606. The third-order valence-corrected chi connectivity index (χ3v) is 30.9. The van der Waals surface area contributed by atoms with Crippen LogP contribution in [0.15, 0.2) is 359 Å². The van der Waals surface area contributed by atoms with Gasteiger partial charge < -0.3 is 27.0 Å². The zero-order valence-electron chi connectivity index (χ0n) is 66.1. The number of benzene rings is 18. The van der Waals surface area contributed by atoms with Gasteiger partial charge in [-0.1, -0.05) is 244 Å². The molecule has 0 N–H and O–H groups in total. The molecule has 27 aromatic rings. The van der Waals surface area contributed by atoms with Crippen LogP contribution in [0.3, 0.4) is 0 Å². The van der Waals surface area contributed by atoms with Gasteiger partial charge >= 0.3 is 0 Å². The molecule has 3 aliphatic rings. The van der Waals surface area contributed by atoms with Gasteiger partial charge in [0.2, 0.25) is 0 Å². The maximum absolute atomic E-state index is 6.91. The Kier molecular flexibility index (Phi) is 13.7. The molecule has 9 heteroatoms. The fourth-order valence-electron chi connectivity index (χ4n) is 21.8. The first kappa shape index (κ1) is 67.3. The SMILES string of the molecule is CC1(C)c2ccccc2-c2c1ccc1c2sc2c1ccc1c2c2ccccc2n1-c1ccc2sc3ccccc3c2c1.c1ccc2c(c1)Cc1ccc3c(oc4c3ccc3c4c4ccccc4n3-c3ccc4oc5ccccc5c4c3)c1-2.c1ccc2c(c1)Cc1ccc3c(sc4c3ccc3c4c4ccccc4n3-c3ccc4oc5ccccc5c4c3)c1-2. The minimum absolute atomic E-state index is 0.00606. The molecule has 18 aromatic carbocycles. The molecule has 9 heterocycles. The van der Waals surface area contributed by atoms with Gasteiger partial charge in [0.15, 0.2) is 0 Å². The van der Waals surface area contributed by atoms with Gasteiger partial charge in [-0.25, -0.2) is 0 Å². The Morgan fingerprint density at radius 2 is 0.648 bits per heavy atom. The van der Waals surface area contributed by atoms with Crippen molar-refractivity contribution >= 4 is 226 Å². The Hall–Kier alpha value is -14.6. The van der Waals surface area contributed by atoms with Crippen LogP contribution in [0.4, 0.5) is 0 Å². The standard InChI is InChI=1S/C39H25NS2.C37H21NO2.C37H21NOS/c1-39(2)29-12-6-3-10-26(29)35-30(39)18-16-24-25-17-19-32-36(38(25)42-37(24)35)27-11-4-7-13-31(27)40(32)22-15-20-34-28(21-22)23-9-5-8-14-33(23)41-34;2*1-2-8-24-21(7-1)19-22-13-15-26-27-16-17-31-35(37(27)40-36(26)34(22)24)28-10-3-5-11-30(28)38(31)23-14-18-33-29(20-23)25-9-4-6-12-32(25)39-33/h3-21H,1-2H3;2*1-18,20H,19H2.